The van der Waals surface area contributed by atoms with E-state index >= 15 is 0 Å². The highest BCUT2D eigenvalue weighted by molar-refractivity contribution is 7.80. The molecule has 1 heterocycles. The molecule has 0 spiro atoms. The highest BCUT2D eigenvalue weighted by Crippen LogP contribution is 2.27. The molecule has 7 unspecified atom stereocenters. The Morgan fingerprint density at radius 1 is 0.470 bits per heavy atom. The van der Waals surface area contributed by atoms with Gasteiger partial charge in [0.05, 0.1) is 25.4 Å². The van der Waals surface area contributed by atoms with Crippen LogP contribution in [0.2, 0.25) is 0 Å². The molecule has 0 aromatic heterocycles. The van der Waals surface area contributed by atoms with Crippen LogP contribution in [0.25, 0.3) is 0 Å². The lowest BCUT2D eigenvalue weighted by molar-refractivity contribution is -0.298. The van der Waals surface area contributed by atoms with Gasteiger partial charge in [-0.05, 0) is 19.3 Å². The van der Waals surface area contributed by atoms with E-state index in [4.69, 9.17) is 9.47 Å². The second-order valence-corrected chi connectivity index (χ2v) is 26.6. The lowest BCUT2D eigenvalue weighted by atomic mass is 9.99. The lowest BCUT2D eigenvalue weighted by Gasteiger charge is -2.41. The van der Waals surface area contributed by atoms with Gasteiger partial charge in [0.25, 0.3) is 0 Å². The summed E-state index contributed by atoms with van der Waals surface area (Å²) >= 11 is 0. The molecular formula is C70H137NO11S. The van der Waals surface area contributed by atoms with Crippen molar-refractivity contribution in [3.63, 3.8) is 0 Å². The van der Waals surface area contributed by atoms with Crippen LogP contribution in [0, 0.1) is 0 Å². The summed E-state index contributed by atoms with van der Waals surface area (Å²) in [6.45, 7) is 3.47. The molecule has 1 saturated heterocycles. The molecule has 1 aliphatic rings. The van der Waals surface area contributed by atoms with Gasteiger partial charge in [-0.3, -0.25) is 9.35 Å². The first-order valence-electron chi connectivity index (χ1n) is 36.1. The molecule has 83 heavy (non-hydrogen) atoms. The molecule has 1 fully saturated rings. The minimum Gasteiger partial charge on any atom is -0.394 e. The van der Waals surface area contributed by atoms with Crippen LogP contribution >= 0.6 is 0 Å². The molecule has 494 valence electrons. The third-order valence-corrected chi connectivity index (χ3v) is 18.0. The molecule has 0 aromatic carbocycles. The quantitative estimate of drug-likeness (QED) is 0.0193. The van der Waals surface area contributed by atoms with E-state index in [-0.39, 0.29) is 18.9 Å². The van der Waals surface area contributed by atoms with Crippen LogP contribution in [0.3, 0.4) is 0 Å². The normalized spacial score (nSPS) is 18.4. The number of hydrogen-bond acceptors (Lipinski definition) is 10. The van der Waals surface area contributed by atoms with Gasteiger partial charge in [0.2, 0.25) is 5.91 Å². The van der Waals surface area contributed by atoms with Crippen LogP contribution in [-0.2, 0) is 28.9 Å². The van der Waals surface area contributed by atoms with Crippen LogP contribution < -0.4 is 5.32 Å². The third kappa shape index (κ3) is 51.4. The molecule has 13 heteroatoms. The Labute approximate surface area is 512 Å². The molecule has 0 bridgehead atoms. The lowest BCUT2D eigenvalue weighted by Crippen LogP contribution is -2.61. The molecule has 0 aromatic rings. The minimum atomic E-state index is -5.09. The van der Waals surface area contributed by atoms with Crippen LogP contribution in [0.4, 0.5) is 0 Å². The SMILES string of the molecule is CCCCCCCCCCCCCCCCCCCCCCCCC/C=C/C(O)C(COC1OC(CO)C(O)C(OS(=O)(=O)O)C1O)NC(=O)CCCCCCCCCCCCCCCCCCCCCCCCCCCCCCCCC. The fraction of sp³-hybridized carbons (Fsp3) is 0.957. The topological polar surface area (TPSA) is 192 Å². The molecule has 1 amide bonds. The molecule has 0 aliphatic carbocycles. The maximum atomic E-state index is 13.2. The number of aliphatic hydroxyl groups is 4. The van der Waals surface area contributed by atoms with Crippen molar-refractivity contribution in [3.8, 4) is 0 Å². The van der Waals surface area contributed by atoms with E-state index in [0.29, 0.717) is 6.42 Å². The van der Waals surface area contributed by atoms with Crippen molar-refractivity contribution < 1.29 is 51.8 Å². The highest BCUT2D eigenvalue weighted by atomic mass is 32.3. The fourth-order valence-corrected chi connectivity index (χ4v) is 12.6. The number of ether oxygens (including phenoxy) is 2. The summed E-state index contributed by atoms with van der Waals surface area (Å²) in [7, 11) is -5.09. The number of hydrogen-bond donors (Lipinski definition) is 6. The Morgan fingerprint density at radius 2 is 0.759 bits per heavy atom. The van der Waals surface area contributed by atoms with Gasteiger partial charge < -0.3 is 35.2 Å². The van der Waals surface area contributed by atoms with Crippen molar-refractivity contribution in [3.05, 3.63) is 12.2 Å². The Morgan fingerprint density at radius 3 is 1.05 bits per heavy atom. The molecule has 0 saturated carbocycles. The van der Waals surface area contributed by atoms with Crippen molar-refractivity contribution in [1.29, 1.82) is 0 Å². The van der Waals surface area contributed by atoms with E-state index in [1.54, 1.807) is 6.08 Å². The number of nitrogens with one attached hydrogen (secondary N) is 1. The van der Waals surface area contributed by atoms with E-state index in [2.05, 4.69) is 23.3 Å². The second-order valence-electron chi connectivity index (χ2n) is 25.5. The summed E-state index contributed by atoms with van der Waals surface area (Å²) in [5.41, 5.74) is 0. The molecule has 1 rings (SSSR count). The van der Waals surface area contributed by atoms with Crippen molar-refractivity contribution >= 4 is 16.3 Å². The van der Waals surface area contributed by atoms with Crippen molar-refractivity contribution in [1.82, 2.24) is 5.32 Å². The second kappa shape index (κ2) is 59.8. The van der Waals surface area contributed by atoms with Gasteiger partial charge in [0.1, 0.15) is 24.4 Å². The number of carbonyl (C=O) groups excluding carboxylic acids is 1. The summed E-state index contributed by atoms with van der Waals surface area (Å²) in [6, 6.07) is -0.942. The predicted molar refractivity (Wildman–Crippen MR) is 347 cm³/mol. The van der Waals surface area contributed by atoms with E-state index in [1.807, 2.05) is 6.08 Å². The first-order chi connectivity index (χ1) is 40.5. The average molecular weight is 1200 g/mol. The van der Waals surface area contributed by atoms with Gasteiger partial charge in [-0.2, -0.15) is 8.42 Å². The van der Waals surface area contributed by atoms with Gasteiger partial charge in [-0.15, -0.1) is 0 Å². The van der Waals surface area contributed by atoms with Crippen molar-refractivity contribution in [2.24, 2.45) is 0 Å². The largest absolute Gasteiger partial charge is 0.397 e. The van der Waals surface area contributed by atoms with Crippen molar-refractivity contribution in [2.45, 2.75) is 416 Å². The predicted octanol–water partition coefficient (Wildman–Crippen LogP) is 18.9. The van der Waals surface area contributed by atoms with Gasteiger partial charge in [-0.25, -0.2) is 4.18 Å². The van der Waals surface area contributed by atoms with Gasteiger partial charge in [0.15, 0.2) is 6.29 Å². The molecule has 0 radical (unpaired) electrons. The number of rotatable bonds is 65. The van der Waals surface area contributed by atoms with E-state index in [0.717, 1.165) is 38.5 Å². The Balaban J connectivity index is 2.23. The summed E-state index contributed by atoms with van der Waals surface area (Å²) in [5, 5.41) is 45.2. The average Bonchev–Trinajstić information content (AvgIpc) is 3.60. The number of carbonyl (C=O) groups is 1. The zero-order valence-corrected chi connectivity index (χ0v) is 55.1. The number of aliphatic hydroxyl groups excluding tert-OH is 4. The first kappa shape index (κ1) is 79.9. The molecule has 12 nitrogen and oxygen atoms in total. The summed E-state index contributed by atoms with van der Waals surface area (Å²) in [4.78, 5) is 13.2. The van der Waals surface area contributed by atoms with Crippen LogP contribution in [0.15, 0.2) is 12.2 Å². The zero-order valence-electron chi connectivity index (χ0n) is 54.3. The van der Waals surface area contributed by atoms with Crippen LogP contribution in [-0.4, -0.2) is 95.4 Å². The summed E-state index contributed by atoms with van der Waals surface area (Å²) in [6.07, 6.45) is 67.2. The Bertz CT molecular complexity index is 1500. The zero-order chi connectivity index (χ0) is 60.4. The van der Waals surface area contributed by atoms with E-state index < -0.39 is 59.9 Å². The molecule has 6 N–H and O–H groups in total. The highest BCUT2D eigenvalue weighted by Gasteiger charge is 2.48. The number of amides is 1. The summed E-state index contributed by atoms with van der Waals surface area (Å²) < 4.78 is 48.1. The minimum absolute atomic E-state index is 0.252. The number of allylic oxidation sites excluding steroid dienone is 1. The van der Waals surface area contributed by atoms with Crippen molar-refractivity contribution in [2.75, 3.05) is 13.2 Å². The van der Waals surface area contributed by atoms with Gasteiger partial charge in [-0.1, -0.05) is 360 Å². The summed E-state index contributed by atoms with van der Waals surface area (Å²) in [5.74, 6) is -0.252. The van der Waals surface area contributed by atoms with Crippen LogP contribution in [0.1, 0.15) is 373 Å². The molecule has 7 atom stereocenters. The fourth-order valence-electron chi connectivity index (χ4n) is 12.1. The standard InChI is InChI=1S/C70H137NO11S/c1-3-5-7-9-11-13-15-17-19-21-23-25-27-29-30-31-32-33-34-36-38-40-42-44-46-48-50-52-54-56-58-60-66(74)71-63(62-80-70-68(76)69(82-83(77,78)79)67(75)65(61-72)81-70)64(73)59-57-55-53-51-49-47-45-43-41-39-37-35-28-26-24-22-20-18-16-14-12-10-8-6-4-2/h57,59,63-65,67-70,72-73,75-76H,3-56,58,60-62H2,1-2H3,(H,71,74)(H,77,78,79)/b59-57+. The maximum Gasteiger partial charge on any atom is 0.397 e. The number of unbranched alkanes of at least 4 members (excludes halogenated alkanes) is 53. The van der Waals surface area contributed by atoms with E-state index in [1.165, 1.54) is 308 Å². The first-order valence-corrected chi connectivity index (χ1v) is 37.4. The van der Waals surface area contributed by atoms with Gasteiger partial charge in [0, 0.05) is 6.42 Å². The maximum absolute atomic E-state index is 13.2. The Hall–Kier alpha value is -1.16. The van der Waals surface area contributed by atoms with Crippen LogP contribution in [0.5, 0.6) is 0 Å². The molecular weight excluding hydrogens is 1060 g/mol. The third-order valence-electron chi connectivity index (χ3n) is 17.6. The molecule has 1 aliphatic heterocycles. The smallest absolute Gasteiger partial charge is 0.394 e. The Kier molecular flexibility index (Phi) is 57.5. The van der Waals surface area contributed by atoms with E-state index in [9.17, 15) is 38.2 Å². The monoisotopic (exact) mass is 1200 g/mol. The van der Waals surface area contributed by atoms with Gasteiger partial charge >= 0.3 is 10.4 Å².